The van der Waals surface area contributed by atoms with Crippen LogP contribution in [0.25, 0.3) is 0 Å². The van der Waals surface area contributed by atoms with Gasteiger partial charge in [-0.25, -0.2) is 0 Å². The quantitative estimate of drug-likeness (QED) is 0.819. The van der Waals surface area contributed by atoms with Crippen LogP contribution in [-0.4, -0.2) is 19.5 Å². The molecule has 0 spiro atoms. The Bertz CT molecular complexity index is 658. The smallest absolute Gasteiger partial charge is 0.279 e. The third-order valence-electron chi connectivity index (χ3n) is 3.28. The number of anilines is 1. The van der Waals surface area contributed by atoms with E-state index in [0.29, 0.717) is 6.54 Å². The van der Waals surface area contributed by atoms with Gasteiger partial charge in [0.15, 0.2) is 6.54 Å². The third kappa shape index (κ3) is 5.13. The number of hydrogen-bond acceptors (Lipinski definition) is 1. The van der Waals surface area contributed by atoms with Crippen LogP contribution in [0.5, 0.6) is 0 Å². The summed E-state index contributed by atoms with van der Waals surface area (Å²) in [5, 5.41) is 3.66. The van der Waals surface area contributed by atoms with Crippen molar-refractivity contribution >= 4 is 39.1 Å². The van der Waals surface area contributed by atoms with Gasteiger partial charge < -0.3 is 10.2 Å². The highest BCUT2D eigenvalue weighted by atomic mass is 79.9. The molecule has 1 amide bonds. The van der Waals surface area contributed by atoms with Crippen molar-refractivity contribution in [2.45, 2.75) is 13.5 Å². The normalized spacial score (nSPS) is 12.0. The van der Waals surface area contributed by atoms with Gasteiger partial charge >= 0.3 is 0 Å². The molecule has 1 atom stereocenters. The number of carbonyl (C=O) groups excluding carboxylic acids is 1. The van der Waals surface area contributed by atoms with E-state index in [1.165, 1.54) is 0 Å². The number of halogens is 2. The van der Waals surface area contributed by atoms with Gasteiger partial charge in [0, 0.05) is 15.1 Å². The molecule has 22 heavy (non-hydrogen) atoms. The zero-order valence-corrected chi connectivity index (χ0v) is 15.0. The first-order chi connectivity index (χ1) is 10.4. The number of carbonyl (C=O) groups is 1. The first-order valence-electron chi connectivity index (χ1n) is 7.06. The summed E-state index contributed by atoms with van der Waals surface area (Å²) < 4.78 is 0.899. The molecule has 116 valence electrons. The Morgan fingerprint density at radius 3 is 2.55 bits per heavy atom. The van der Waals surface area contributed by atoms with Crippen molar-refractivity contribution in [2.75, 3.05) is 18.9 Å². The minimum Gasteiger partial charge on any atom is -0.326 e. The average Bonchev–Trinajstić information content (AvgIpc) is 2.44. The zero-order chi connectivity index (χ0) is 16.1. The van der Waals surface area contributed by atoms with Crippen molar-refractivity contribution in [3.05, 3.63) is 63.1 Å². The van der Waals surface area contributed by atoms with E-state index >= 15 is 0 Å². The molecule has 2 aromatic carbocycles. The van der Waals surface area contributed by atoms with Crippen LogP contribution < -0.4 is 10.2 Å². The number of amides is 1. The minimum atomic E-state index is -0.00369. The number of aryl methyl sites for hydroxylation is 1. The monoisotopic (exact) mass is 381 g/mol. The van der Waals surface area contributed by atoms with Gasteiger partial charge in [-0.1, -0.05) is 29.8 Å². The summed E-state index contributed by atoms with van der Waals surface area (Å²) >= 11 is 9.34. The molecule has 2 aromatic rings. The highest BCUT2D eigenvalue weighted by molar-refractivity contribution is 9.10. The topological polar surface area (TPSA) is 33.5 Å². The molecule has 0 radical (unpaired) electrons. The Labute approximate surface area is 144 Å². The average molecular weight is 383 g/mol. The second-order valence-electron chi connectivity index (χ2n) is 5.47. The van der Waals surface area contributed by atoms with Gasteiger partial charge in [0.25, 0.3) is 5.91 Å². The van der Waals surface area contributed by atoms with Gasteiger partial charge in [-0.05, 0) is 52.7 Å². The lowest BCUT2D eigenvalue weighted by Crippen LogP contribution is -3.08. The van der Waals surface area contributed by atoms with Crippen molar-refractivity contribution in [3.63, 3.8) is 0 Å². The highest BCUT2D eigenvalue weighted by Gasteiger charge is 2.12. The summed E-state index contributed by atoms with van der Waals surface area (Å²) in [4.78, 5) is 13.2. The van der Waals surface area contributed by atoms with E-state index in [-0.39, 0.29) is 5.91 Å². The van der Waals surface area contributed by atoms with E-state index in [0.717, 1.165) is 37.8 Å². The molecule has 0 saturated carbocycles. The van der Waals surface area contributed by atoms with Crippen molar-refractivity contribution < 1.29 is 9.69 Å². The van der Waals surface area contributed by atoms with Crippen LogP contribution >= 0.6 is 27.5 Å². The Hall–Kier alpha value is -1.36. The number of rotatable bonds is 5. The van der Waals surface area contributed by atoms with E-state index < -0.39 is 0 Å². The highest BCUT2D eigenvalue weighted by Crippen LogP contribution is 2.23. The van der Waals surface area contributed by atoms with Gasteiger partial charge in [0.2, 0.25) is 0 Å². The van der Waals surface area contributed by atoms with Crippen LogP contribution in [0.1, 0.15) is 11.1 Å². The Morgan fingerprint density at radius 1 is 1.23 bits per heavy atom. The number of likely N-dealkylation sites (N-methyl/N-ethyl adjacent to an activating group) is 1. The maximum absolute atomic E-state index is 12.1. The van der Waals surface area contributed by atoms with E-state index in [1.807, 2.05) is 56.4 Å². The van der Waals surface area contributed by atoms with Gasteiger partial charge in [-0.3, -0.25) is 4.79 Å². The van der Waals surface area contributed by atoms with Gasteiger partial charge in [0.1, 0.15) is 6.54 Å². The Balaban J connectivity index is 1.89. The predicted octanol–water partition coefficient (Wildman–Crippen LogP) is 3.06. The summed E-state index contributed by atoms with van der Waals surface area (Å²) in [5.74, 6) is -0.00369. The van der Waals surface area contributed by atoms with Gasteiger partial charge in [0.05, 0.1) is 12.7 Å². The fourth-order valence-electron chi connectivity index (χ4n) is 2.20. The lowest BCUT2D eigenvalue weighted by atomic mass is 10.2. The predicted molar refractivity (Wildman–Crippen MR) is 94.4 cm³/mol. The molecule has 2 rings (SSSR count). The summed E-state index contributed by atoms with van der Waals surface area (Å²) in [6.07, 6.45) is 0. The van der Waals surface area contributed by atoms with E-state index in [2.05, 4.69) is 21.2 Å². The molecule has 0 fully saturated rings. The number of nitrogens with one attached hydrogen (secondary N) is 2. The summed E-state index contributed by atoms with van der Waals surface area (Å²) in [6.45, 7) is 3.20. The summed E-state index contributed by atoms with van der Waals surface area (Å²) in [5.41, 5.74) is 3.11. The molecule has 0 aliphatic rings. The van der Waals surface area contributed by atoms with Crippen LogP contribution in [0, 0.1) is 6.92 Å². The molecule has 0 aromatic heterocycles. The van der Waals surface area contributed by atoms with E-state index in [1.54, 1.807) is 0 Å². The Morgan fingerprint density at radius 2 is 1.91 bits per heavy atom. The third-order valence-corrected chi connectivity index (χ3v) is 4.19. The summed E-state index contributed by atoms with van der Waals surface area (Å²) in [7, 11) is 2.00. The van der Waals surface area contributed by atoms with Crippen LogP contribution in [0.15, 0.2) is 46.9 Å². The zero-order valence-electron chi connectivity index (χ0n) is 12.6. The first kappa shape index (κ1) is 17.0. The van der Waals surface area contributed by atoms with E-state index in [4.69, 9.17) is 11.6 Å². The lowest BCUT2D eigenvalue weighted by molar-refractivity contribution is -0.885. The van der Waals surface area contributed by atoms with Gasteiger partial charge in [-0.15, -0.1) is 0 Å². The molecule has 3 nitrogen and oxygen atoms in total. The van der Waals surface area contributed by atoms with Crippen molar-refractivity contribution in [1.29, 1.82) is 0 Å². The van der Waals surface area contributed by atoms with Crippen LogP contribution in [-0.2, 0) is 11.3 Å². The SMILES string of the molecule is Cc1ccc(NC(=O)C[NH+](C)Cc2ccc(Cl)cc2)c(Br)c1. The van der Waals surface area contributed by atoms with Crippen molar-refractivity contribution in [3.8, 4) is 0 Å². The fourth-order valence-corrected chi connectivity index (χ4v) is 2.92. The van der Waals surface area contributed by atoms with Crippen LogP contribution in [0.2, 0.25) is 5.02 Å². The standard InChI is InChI=1S/C17H18BrClN2O/c1-12-3-8-16(15(18)9-12)20-17(22)11-21(2)10-13-4-6-14(19)7-5-13/h3-9H,10-11H2,1-2H3,(H,20,22)/p+1. The molecule has 2 N–H and O–H groups in total. The maximum Gasteiger partial charge on any atom is 0.279 e. The first-order valence-corrected chi connectivity index (χ1v) is 8.23. The number of benzene rings is 2. The second kappa shape index (κ2) is 7.77. The Kier molecular flexibility index (Phi) is 6.00. The fraction of sp³-hybridized carbons (Fsp3) is 0.235. The number of hydrogen-bond donors (Lipinski definition) is 2. The maximum atomic E-state index is 12.1. The molecule has 0 heterocycles. The van der Waals surface area contributed by atoms with E-state index in [9.17, 15) is 4.79 Å². The summed E-state index contributed by atoms with van der Waals surface area (Å²) in [6, 6.07) is 13.6. The molecular weight excluding hydrogens is 364 g/mol. The molecule has 0 bridgehead atoms. The molecule has 0 aliphatic carbocycles. The lowest BCUT2D eigenvalue weighted by Gasteiger charge is -2.14. The molecule has 1 unspecified atom stereocenters. The van der Waals surface area contributed by atoms with Crippen molar-refractivity contribution in [2.24, 2.45) is 0 Å². The van der Waals surface area contributed by atoms with Gasteiger partial charge in [-0.2, -0.15) is 0 Å². The molecular formula is C17H19BrClN2O+. The second-order valence-corrected chi connectivity index (χ2v) is 6.76. The van der Waals surface area contributed by atoms with Crippen LogP contribution in [0.3, 0.4) is 0 Å². The number of quaternary nitrogens is 1. The molecule has 0 aliphatic heterocycles. The minimum absolute atomic E-state index is 0.00369. The molecule has 0 saturated heterocycles. The van der Waals surface area contributed by atoms with Crippen LogP contribution in [0.4, 0.5) is 5.69 Å². The molecule has 5 heteroatoms. The van der Waals surface area contributed by atoms with Crippen molar-refractivity contribution in [1.82, 2.24) is 0 Å². The largest absolute Gasteiger partial charge is 0.326 e.